The van der Waals surface area contributed by atoms with Crippen LogP contribution in [0.1, 0.15) is 13.3 Å². The highest BCUT2D eigenvalue weighted by molar-refractivity contribution is 6.28. The number of nitrogens with zero attached hydrogens (tertiary/aromatic N) is 6. The van der Waals surface area contributed by atoms with E-state index in [1.165, 1.54) is 22.9 Å². The Balaban J connectivity index is 2.69. The van der Waals surface area contributed by atoms with E-state index in [2.05, 4.69) is 15.1 Å². The van der Waals surface area contributed by atoms with Gasteiger partial charge in [0, 0.05) is 13.2 Å². The van der Waals surface area contributed by atoms with Crippen LogP contribution in [0.25, 0.3) is 0 Å². The van der Waals surface area contributed by atoms with E-state index in [1.807, 2.05) is 0 Å². The average molecular weight is 355 g/mol. The average Bonchev–Trinajstić information content (AvgIpc) is 2.97. The summed E-state index contributed by atoms with van der Waals surface area (Å²) in [5.41, 5.74) is 0.0539. The highest BCUT2D eigenvalue weighted by atomic mass is 35.5. The summed E-state index contributed by atoms with van der Waals surface area (Å²) >= 11 is 5.81. The normalized spacial score (nSPS) is 11.8. The number of ether oxygens (including phenoxy) is 1. The number of anilines is 2. The Morgan fingerprint density at radius 2 is 2.25 bits per heavy atom. The van der Waals surface area contributed by atoms with Gasteiger partial charge in [-0.25, -0.2) is 9.78 Å². The van der Waals surface area contributed by atoms with Crippen molar-refractivity contribution in [3.63, 3.8) is 0 Å². The molecule has 0 saturated heterocycles. The van der Waals surface area contributed by atoms with Crippen molar-refractivity contribution in [3.05, 3.63) is 34.0 Å². The molecule has 0 radical (unpaired) electrons. The third kappa shape index (κ3) is 3.43. The van der Waals surface area contributed by atoms with Gasteiger partial charge >= 0.3 is 11.7 Å². The van der Waals surface area contributed by atoms with Gasteiger partial charge in [-0.05, 0) is 18.0 Å². The molecule has 128 valence electrons. The quantitative estimate of drug-likeness (QED) is 0.334. The molecule has 0 saturated carbocycles. The first kappa shape index (κ1) is 17.6. The Morgan fingerprint density at radius 1 is 1.54 bits per heavy atom. The maximum Gasteiger partial charge on any atom is 0.330 e. The van der Waals surface area contributed by atoms with Crippen LogP contribution in [0.2, 0.25) is 5.28 Å². The Morgan fingerprint density at radius 3 is 2.75 bits per heavy atom. The zero-order chi connectivity index (χ0) is 17.9. The molecule has 1 atom stereocenters. The molecule has 0 aliphatic heterocycles. The van der Waals surface area contributed by atoms with Crippen LogP contribution >= 0.6 is 11.6 Å². The molecule has 2 aromatic heterocycles. The zero-order valence-corrected chi connectivity index (χ0v) is 14.0. The molecule has 0 amide bonds. The minimum absolute atomic E-state index is 0.106. The van der Waals surface area contributed by atoms with Gasteiger partial charge in [0.15, 0.2) is 0 Å². The minimum atomic E-state index is -0.844. The van der Waals surface area contributed by atoms with Gasteiger partial charge in [-0.2, -0.15) is 10.1 Å². The van der Waals surface area contributed by atoms with Crippen molar-refractivity contribution in [2.45, 2.75) is 19.4 Å². The summed E-state index contributed by atoms with van der Waals surface area (Å²) in [5, 5.41) is 15.2. The van der Waals surface area contributed by atoms with Gasteiger partial charge in [0.2, 0.25) is 11.1 Å². The molecular weight excluding hydrogens is 340 g/mol. The summed E-state index contributed by atoms with van der Waals surface area (Å²) in [4.78, 5) is 31.9. The third-order valence-corrected chi connectivity index (χ3v) is 3.47. The van der Waals surface area contributed by atoms with Gasteiger partial charge in [0.05, 0.1) is 23.9 Å². The number of esters is 1. The number of carbonyl (C=O) groups excluding carboxylic acids is 1. The zero-order valence-electron chi connectivity index (χ0n) is 13.2. The van der Waals surface area contributed by atoms with Crippen LogP contribution in [0, 0.1) is 10.1 Å². The van der Waals surface area contributed by atoms with Crippen LogP contribution in [0.3, 0.4) is 0 Å². The van der Waals surface area contributed by atoms with E-state index in [0.29, 0.717) is 12.1 Å². The molecule has 0 aliphatic carbocycles. The lowest BCUT2D eigenvalue weighted by atomic mass is 10.1. The van der Waals surface area contributed by atoms with E-state index in [-0.39, 0.29) is 16.8 Å². The number of carbonyl (C=O) groups is 1. The Hall–Kier alpha value is -2.75. The van der Waals surface area contributed by atoms with Gasteiger partial charge < -0.3 is 9.64 Å². The van der Waals surface area contributed by atoms with Crippen molar-refractivity contribution < 1.29 is 14.5 Å². The number of aromatic nitrogens is 4. The van der Waals surface area contributed by atoms with Crippen LogP contribution < -0.4 is 4.90 Å². The van der Waals surface area contributed by atoms with E-state index in [4.69, 9.17) is 16.3 Å². The second-order valence-electron chi connectivity index (χ2n) is 4.79. The number of aryl methyl sites for hydroxylation is 1. The lowest BCUT2D eigenvalue weighted by Gasteiger charge is -2.28. The monoisotopic (exact) mass is 354 g/mol. The maximum atomic E-state index is 12.2. The third-order valence-electron chi connectivity index (χ3n) is 3.29. The molecule has 0 aromatic carbocycles. The van der Waals surface area contributed by atoms with E-state index >= 15 is 0 Å². The Kier molecular flexibility index (Phi) is 5.29. The first-order valence-corrected chi connectivity index (χ1v) is 7.29. The molecule has 2 heterocycles. The van der Waals surface area contributed by atoms with Gasteiger partial charge in [0.1, 0.15) is 12.2 Å². The lowest BCUT2D eigenvalue weighted by Crippen LogP contribution is -2.39. The van der Waals surface area contributed by atoms with Crippen molar-refractivity contribution in [2.75, 3.05) is 12.0 Å². The van der Waals surface area contributed by atoms with E-state index in [0.717, 1.165) is 6.20 Å². The van der Waals surface area contributed by atoms with Gasteiger partial charge in [-0.3, -0.25) is 14.8 Å². The smallest absolute Gasteiger partial charge is 0.330 e. The van der Waals surface area contributed by atoms with Gasteiger partial charge in [0.25, 0.3) is 0 Å². The van der Waals surface area contributed by atoms with Crippen LogP contribution in [0.4, 0.5) is 17.2 Å². The predicted octanol–water partition coefficient (Wildman–Crippen LogP) is 1.86. The number of rotatable bonds is 6. The first-order chi connectivity index (χ1) is 11.4. The molecule has 0 fully saturated rings. The van der Waals surface area contributed by atoms with Crippen molar-refractivity contribution >= 4 is 34.8 Å². The number of nitro groups is 1. The van der Waals surface area contributed by atoms with Gasteiger partial charge in [-0.15, -0.1) is 0 Å². The summed E-state index contributed by atoms with van der Waals surface area (Å²) in [5.74, 6) is -0.671. The fourth-order valence-electron chi connectivity index (χ4n) is 2.22. The molecule has 0 spiro atoms. The first-order valence-electron chi connectivity index (χ1n) is 6.91. The molecule has 2 aromatic rings. The second-order valence-corrected chi connectivity index (χ2v) is 5.13. The highest BCUT2D eigenvalue weighted by Crippen LogP contribution is 2.34. The van der Waals surface area contributed by atoms with Gasteiger partial charge in [-0.1, -0.05) is 6.92 Å². The van der Waals surface area contributed by atoms with Crippen molar-refractivity contribution in [1.29, 1.82) is 0 Å². The fourth-order valence-corrected chi connectivity index (χ4v) is 2.35. The molecule has 24 heavy (non-hydrogen) atoms. The van der Waals surface area contributed by atoms with E-state index in [9.17, 15) is 14.9 Å². The highest BCUT2D eigenvalue weighted by Gasteiger charge is 2.34. The van der Waals surface area contributed by atoms with E-state index < -0.39 is 16.9 Å². The lowest BCUT2D eigenvalue weighted by molar-refractivity contribution is -0.384. The molecule has 1 unspecified atom stereocenters. The molecule has 0 aliphatic rings. The van der Waals surface area contributed by atoms with Crippen LogP contribution in [-0.2, 0) is 16.6 Å². The maximum absolute atomic E-state index is 12.2. The van der Waals surface area contributed by atoms with Crippen molar-refractivity contribution in [1.82, 2.24) is 19.7 Å². The number of methoxy groups -OCH3 is 1. The molecule has 0 bridgehead atoms. The fraction of sp³-hybridized carbons (Fsp3) is 0.385. The molecule has 10 nitrogen and oxygen atoms in total. The summed E-state index contributed by atoms with van der Waals surface area (Å²) in [6.07, 6.45) is 4.38. The van der Waals surface area contributed by atoms with E-state index in [1.54, 1.807) is 20.2 Å². The standard InChI is InChI=1S/C13H15ClN6O4/c1-4-9(12(21)24-3)19(8-5-16-18(2)7-8)11-10(20(22)23)6-15-13(14)17-11/h5-7,9H,4H2,1-3H3. The Labute approximate surface area is 142 Å². The second kappa shape index (κ2) is 7.21. The molecule has 11 heteroatoms. The summed E-state index contributed by atoms with van der Waals surface area (Å²) in [6.45, 7) is 1.75. The van der Waals surface area contributed by atoms with Crippen molar-refractivity contribution in [3.8, 4) is 0 Å². The van der Waals surface area contributed by atoms with Crippen molar-refractivity contribution in [2.24, 2.45) is 7.05 Å². The molecular formula is C13H15ClN6O4. The van der Waals surface area contributed by atoms with Crippen LogP contribution in [-0.4, -0.2) is 43.8 Å². The SMILES string of the molecule is CCC(C(=O)OC)N(c1cnn(C)c1)c1nc(Cl)ncc1[N+](=O)[O-]. The predicted molar refractivity (Wildman–Crippen MR) is 85.1 cm³/mol. The summed E-state index contributed by atoms with van der Waals surface area (Å²) in [7, 11) is 2.93. The summed E-state index contributed by atoms with van der Waals surface area (Å²) < 4.78 is 6.31. The Bertz CT molecular complexity index is 765. The summed E-state index contributed by atoms with van der Waals surface area (Å²) in [6, 6.07) is -0.844. The van der Waals surface area contributed by atoms with Crippen LogP contribution in [0.5, 0.6) is 0 Å². The number of hydrogen-bond donors (Lipinski definition) is 0. The number of halogens is 1. The largest absolute Gasteiger partial charge is 0.467 e. The molecule has 0 N–H and O–H groups in total. The minimum Gasteiger partial charge on any atom is -0.467 e. The topological polar surface area (TPSA) is 116 Å². The van der Waals surface area contributed by atoms with Crippen LogP contribution in [0.15, 0.2) is 18.6 Å². The number of hydrogen-bond acceptors (Lipinski definition) is 8. The molecule has 2 rings (SSSR count).